The molecule has 0 heterocycles. The highest BCUT2D eigenvalue weighted by Crippen LogP contribution is 2.47. The highest BCUT2D eigenvalue weighted by atomic mass is 15.1. The van der Waals surface area contributed by atoms with Crippen molar-refractivity contribution in [2.45, 2.75) is 0 Å². The Morgan fingerprint density at radius 2 is 0.520 bits per heavy atom. The number of rotatable bonds is 11. The predicted octanol–water partition coefficient (Wildman–Crippen LogP) is 20.8. The van der Waals surface area contributed by atoms with E-state index in [1.165, 1.54) is 93.9 Å². The van der Waals surface area contributed by atoms with Gasteiger partial charge in [0.05, 0.1) is 0 Å². The molecular formula is C74H51N. The fourth-order valence-electron chi connectivity index (χ4n) is 11.1. The average Bonchev–Trinajstić information content (AvgIpc) is 3.50. The second kappa shape index (κ2) is 20.0. The summed E-state index contributed by atoms with van der Waals surface area (Å²) in [7, 11) is 0. The van der Waals surface area contributed by atoms with E-state index in [1.807, 2.05) is 0 Å². The summed E-state index contributed by atoms with van der Waals surface area (Å²) < 4.78 is 0. The summed E-state index contributed by atoms with van der Waals surface area (Å²) in [6.45, 7) is 0. The van der Waals surface area contributed by atoms with Crippen LogP contribution in [0.2, 0.25) is 0 Å². The summed E-state index contributed by atoms with van der Waals surface area (Å²) in [4.78, 5) is 2.42. The molecule has 0 aliphatic carbocycles. The van der Waals surface area contributed by atoms with Gasteiger partial charge < -0.3 is 4.90 Å². The van der Waals surface area contributed by atoms with Crippen molar-refractivity contribution in [2.75, 3.05) is 4.90 Å². The lowest BCUT2D eigenvalue weighted by Crippen LogP contribution is -2.10. The van der Waals surface area contributed by atoms with Crippen molar-refractivity contribution in [3.05, 3.63) is 309 Å². The third-order valence-corrected chi connectivity index (χ3v) is 14.7. The van der Waals surface area contributed by atoms with Crippen molar-refractivity contribution in [1.82, 2.24) is 0 Å². The predicted molar refractivity (Wildman–Crippen MR) is 320 cm³/mol. The van der Waals surface area contributed by atoms with Crippen LogP contribution in [0.15, 0.2) is 309 Å². The van der Waals surface area contributed by atoms with Gasteiger partial charge in [0.15, 0.2) is 0 Å². The molecule has 13 aromatic carbocycles. The summed E-state index contributed by atoms with van der Waals surface area (Å²) >= 11 is 0. The molecule has 0 aliphatic heterocycles. The van der Waals surface area contributed by atoms with Gasteiger partial charge in [-0.05, 0) is 159 Å². The van der Waals surface area contributed by atoms with E-state index in [9.17, 15) is 0 Å². The summed E-state index contributed by atoms with van der Waals surface area (Å²) in [6, 6.07) is 113. The van der Waals surface area contributed by atoms with Crippen LogP contribution < -0.4 is 4.90 Å². The van der Waals surface area contributed by atoms with Crippen LogP contribution in [-0.4, -0.2) is 0 Å². The largest absolute Gasteiger partial charge is 0.310 e. The summed E-state index contributed by atoms with van der Waals surface area (Å²) in [5.74, 6) is 0. The van der Waals surface area contributed by atoms with Crippen molar-refractivity contribution in [2.24, 2.45) is 0 Å². The Hall–Kier alpha value is -9.82. The molecule has 0 atom stereocenters. The maximum Gasteiger partial charge on any atom is 0.0468 e. The molecule has 75 heavy (non-hydrogen) atoms. The van der Waals surface area contributed by atoms with Gasteiger partial charge in [-0.25, -0.2) is 0 Å². The van der Waals surface area contributed by atoms with Gasteiger partial charge in [-0.2, -0.15) is 0 Å². The van der Waals surface area contributed by atoms with Crippen LogP contribution in [0.3, 0.4) is 0 Å². The van der Waals surface area contributed by atoms with E-state index in [4.69, 9.17) is 0 Å². The van der Waals surface area contributed by atoms with Crippen molar-refractivity contribution in [1.29, 1.82) is 0 Å². The van der Waals surface area contributed by atoms with E-state index in [-0.39, 0.29) is 0 Å². The van der Waals surface area contributed by atoms with E-state index in [0.29, 0.717) is 0 Å². The van der Waals surface area contributed by atoms with Crippen LogP contribution in [-0.2, 0) is 0 Å². The smallest absolute Gasteiger partial charge is 0.0468 e. The molecule has 0 aromatic heterocycles. The van der Waals surface area contributed by atoms with E-state index in [2.05, 4.69) is 314 Å². The second-order valence-electron chi connectivity index (χ2n) is 19.2. The van der Waals surface area contributed by atoms with Gasteiger partial charge in [-0.15, -0.1) is 0 Å². The van der Waals surface area contributed by atoms with Crippen molar-refractivity contribution in [3.8, 4) is 89.0 Å². The van der Waals surface area contributed by atoms with Crippen LogP contribution in [0, 0.1) is 0 Å². The zero-order valence-electron chi connectivity index (χ0n) is 41.4. The monoisotopic (exact) mass is 953 g/mol. The molecule has 0 N–H and O–H groups in total. The fraction of sp³-hybridized carbons (Fsp3) is 0. The molecule has 1 heteroatoms. The van der Waals surface area contributed by atoms with Gasteiger partial charge in [0.2, 0.25) is 0 Å². The SMILES string of the molecule is c1ccc(-c2ccc(-c3ccc(N(c4cccc(-c5ccc6c(c5)c(-c5ccccc5)c(-c5ccccc5)c5ccccc56)c4)c4ccc(-c5ccccc5)c(-c5ccccc5)c4)cc3)cc2-c2ccccc2)cc1. The molecule has 0 bridgehead atoms. The lowest BCUT2D eigenvalue weighted by atomic mass is 9.84. The zero-order chi connectivity index (χ0) is 49.9. The Morgan fingerprint density at radius 1 is 0.160 bits per heavy atom. The van der Waals surface area contributed by atoms with Gasteiger partial charge in [0.1, 0.15) is 0 Å². The third kappa shape index (κ3) is 8.77. The molecule has 1 nitrogen and oxygen atoms in total. The van der Waals surface area contributed by atoms with Gasteiger partial charge in [-0.3, -0.25) is 0 Å². The molecule has 0 fully saturated rings. The molecule has 0 amide bonds. The van der Waals surface area contributed by atoms with Crippen molar-refractivity contribution in [3.63, 3.8) is 0 Å². The molecule has 13 rings (SSSR count). The standard InChI is InChI=1S/C74H51N/c1-7-22-53(23-8-1)65-45-40-60(49-70(65)55-26-11-3-12-27-55)52-38-42-62(43-39-52)75(64-44-47-66(54-24-9-2-10-25-54)71(51-64)56-28-13-4-14-29-56)63-35-21-34-59(48-63)61-41-46-68-67-36-19-20-37-69(67)73(57-30-15-5-16-31-57)74(72(68)50-61)58-32-17-6-18-33-58/h1-51H. The van der Waals surface area contributed by atoms with E-state index in [1.54, 1.807) is 0 Å². The fourth-order valence-corrected chi connectivity index (χ4v) is 11.1. The number of nitrogens with zero attached hydrogens (tertiary/aromatic N) is 1. The molecule has 0 radical (unpaired) electrons. The van der Waals surface area contributed by atoms with Gasteiger partial charge in [0, 0.05) is 17.1 Å². The van der Waals surface area contributed by atoms with Crippen LogP contribution in [0.1, 0.15) is 0 Å². The summed E-state index contributed by atoms with van der Waals surface area (Å²) in [5, 5.41) is 4.96. The number of fused-ring (bicyclic) bond motifs is 3. The van der Waals surface area contributed by atoms with E-state index < -0.39 is 0 Å². The molecule has 0 aliphatic rings. The van der Waals surface area contributed by atoms with Crippen LogP contribution in [0.25, 0.3) is 111 Å². The maximum absolute atomic E-state index is 2.42. The lowest BCUT2D eigenvalue weighted by molar-refractivity contribution is 1.28. The Bertz CT molecular complexity index is 4110. The first-order chi connectivity index (χ1) is 37.2. The topological polar surface area (TPSA) is 3.24 Å². The molecule has 0 saturated heterocycles. The summed E-state index contributed by atoms with van der Waals surface area (Å²) in [6.07, 6.45) is 0. The van der Waals surface area contributed by atoms with Gasteiger partial charge >= 0.3 is 0 Å². The molecule has 13 aromatic rings. The molecule has 0 unspecified atom stereocenters. The Kier molecular flexibility index (Phi) is 12.0. The quantitative estimate of drug-likeness (QED) is 0.117. The molecular weight excluding hydrogens is 903 g/mol. The lowest BCUT2D eigenvalue weighted by Gasteiger charge is -2.27. The minimum atomic E-state index is 1.07. The average molecular weight is 954 g/mol. The Labute approximate surface area is 439 Å². The van der Waals surface area contributed by atoms with Crippen LogP contribution in [0.5, 0.6) is 0 Å². The highest BCUT2D eigenvalue weighted by molar-refractivity contribution is 6.22. The van der Waals surface area contributed by atoms with Gasteiger partial charge in [-0.1, -0.05) is 261 Å². The number of hydrogen-bond donors (Lipinski definition) is 0. The zero-order valence-corrected chi connectivity index (χ0v) is 41.4. The first-order valence-corrected chi connectivity index (χ1v) is 25.8. The molecule has 0 spiro atoms. The minimum absolute atomic E-state index is 1.07. The van der Waals surface area contributed by atoms with E-state index in [0.717, 1.165) is 33.8 Å². The maximum atomic E-state index is 2.42. The third-order valence-electron chi connectivity index (χ3n) is 14.7. The molecule has 0 saturated carbocycles. The van der Waals surface area contributed by atoms with Crippen molar-refractivity contribution >= 4 is 38.6 Å². The van der Waals surface area contributed by atoms with Crippen LogP contribution >= 0.6 is 0 Å². The number of benzene rings is 13. The van der Waals surface area contributed by atoms with Crippen LogP contribution in [0.4, 0.5) is 17.1 Å². The number of anilines is 3. The van der Waals surface area contributed by atoms with Crippen molar-refractivity contribution < 1.29 is 0 Å². The normalized spacial score (nSPS) is 11.2. The molecule has 352 valence electrons. The highest BCUT2D eigenvalue weighted by Gasteiger charge is 2.21. The first-order valence-electron chi connectivity index (χ1n) is 25.8. The minimum Gasteiger partial charge on any atom is -0.310 e. The van der Waals surface area contributed by atoms with Gasteiger partial charge in [0.25, 0.3) is 0 Å². The Morgan fingerprint density at radius 3 is 1.08 bits per heavy atom. The second-order valence-corrected chi connectivity index (χ2v) is 19.2. The number of hydrogen-bond acceptors (Lipinski definition) is 1. The van der Waals surface area contributed by atoms with E-state index >= 15 is 0 Å². The first kappa shape index (κ1) is 45.1. The summed E-state index contributed by atoms with van der Waals surface area (Å²) in [5.41, 5.74) is 22.3. The Balaban J connectivity index is 0.976.